The summed E-state index contributed by atoms with van der Waals surface area (Å²) in [4.78, 5) is 2.45. The third-order valence-corrected chi connectivity index (χ3v) is 3.56. The fourth-order valence-electron chi connectivity index (χ4n) is 2.41. The summed E-state index contributed by atoms with van der Waals surface area (Å²) in [6.07, 6.45) is 3.75. The first-order valence-corrected chi connectivity index (χ1v) is 6.95. The van der Waals surface area contributed by atoms with Crippen molar-refractivity contribution in [2.45, 2.75) is 25.3 Å². The summed E-state index contributed by atoms with van der Waals surface area (Å²) in [5.74, 6) is 0.966. The van der Waals surface area contributed by atoms with E-state index in [1.54, 1.807) is 0 Å². The van der Waals surface area contributed by atoms with Crippen molar-refractivity contribution < 1.29 is 4.74 Å². The molecule has 0 saturated carbocycles. The SMILES string of the molecule is CN1CCCC1CNCCCOc1ccccc1. The van der Waals surface area contributed by atoms with Gasteiger partial charge in [-0.1, -0.05) is 18.2 Å². The molecule has 1 atom stereocenters. The molecule has 2 rings (SSSR count). The molecule has 0 bridgehead atoms. The van der Waals surface area contributed by atoms with Gasteiger partial charge >= 0.3 is 0 Å². The summed E-state index contributed by atoms with van der Waals surface area (Å²) < 4.78 is 5.65. The molecule has 0 spiro atoms. The van der Waals surface area contributed by atoms with Crippen molar-refractivity contribution in [1.82, 2.24) is 10.2 Å². The highest BCUT2D eigenvalue weighted by molar-refractivity contribution is 5.20. The largest absolute Gasteiger partial charge is 0.494 e. The second-order valence-corrected chi connectivity index (χ2v) is 5.00. The normalized spacial score (nSPS) is 20.2. The van der Waals surface area contributed by atoms with Crippen LogP contribution in [-0.2, 0) is 0 Å². The second kappa shape index (κ2) is 7.39. The van der Waals surface area contributed by atoms with Gasteiger partial charge in [-0.3, -0.25) is 0 Å². The molecule has 18 heavy (non-hydrogen) atoms. The molecule has 0 aliphatic carbocycles. The number of nitrogens with one attached hydrogen (secondary N) is 1. The Kier molecular flexibility index (Phi) is 5.49. The molecular formula is C15H24N2O. The van der Waals surface area contributed by atoms with Crippen LogP contribution in [0.5, 0.6) is 5.75 Å². The number of ether oxygens (including phenoxy) is 1. The molecule has 0 aromatic heterocycles. The number of likely N-dealkylation sites (tertiary alicyclic amines) is 1. The van der Waals surface area contributed by atoms with Gasteiger partial charge < -0.3 is 15.0 Å². The lowest BCUT2D eigenvalue weighted by atomic mass is 10.2. The van der Waals surface area contributed by atoms with Crippen LogP contribution in [0, 0.1) is 0 Å². The molecule has 1 aromatic carbocycles. The highest BCUT2D eigenvalue weighted by atomic mass is 16.5. The monoisotopic (exact) mass is 248 g/mol. The van der Waals surface area contributed by atoms with Crippen LogP contribution in [0.4, 0.5) is 0 Å². The minimum atomic E-state index is 0.736. The van der Waals surface area contributed by atoms with Gasteiger partial charge in [-0.05, 0) is 51.5 Å². The van der Waals surface area contributed by atoms with Crippen LogP contribution in [0.2, 0.25) is 0 Å². The maximum atomic E-state index is 5.65. The van der Waals surface area contributed by atoms with E-state index in [1.165, 1.54) is 19.4 Å². The first-order chi connectivity index (χ1) is 8.86. The average Bonchev–Trinajstić information content (AvgIpc) is 2.81. The number of nitrogens with zero attached hydrogens (tertiary/aromatic N) is 1. The maximum Gasteiger partial charge on any atom is 0.119 e. The molecule has 3 nitrogen and oxygen atoms in total. The average molecular weight is 248 g/mol. The van der Waals surface area contributed by atoms with Crippen LogP contribution < -0.4 is 10.1 Å². The van der Waals surface area contributed by atoms with Crippen LogP contribution in [0.3, 0.4) is 0 Å². The summed E-state index contributed by atoms with van der Waals surface area (Å²) in [6.45, 7) is 4.19. The Labute approximate surface area is 110 Å². The van der Waals surface area contributed by atoms with E-state index in [1.807, 2.05) is 30.3 Å². The van der Waals surface area contributed by atoms with Gasteiger partial charge in [0.25, 0.3) is 0 Å². The summed E-state index contributed by atoms with van der Waals surface area (Å²) in [7, 11) is 2.22. The predicted molar refractivity (Wildman–Crippen MR) is 75.1 cm³/mol. The highest BCUT2D eigenvalue weighted by Crippen LogP contribution is 2.13. The quantitative estimate of drug-likeness (QED) is 0.748. The Hall–Kier alpha value is -1.06. The third kappa shape index (κ3) is 4.31. The van der Waals surface area contributed by atoms with Crippen LogP contribution >= 0.6 is 0 Å². The van der Waals surface area contributed by atoms with E-state index in [-0.39, 0.29) is 0 Å². The Balaban J connectivity index is 1.49. The number of benzene rings is 1. The van der Waals surface area contributed by atoms with Crippen molar-refractivity contribution in [3.05, 3.63) is 30.3 Å². The predicted octanol–water partition coefficient (Wildman–Crippen LogP) is 2.14. The Morgan fingerprint density at radius 3 is 2.89 bits per heavy atom. The van der Waals surface area contributed by atoms with Crippen LogP contribution in [-0.4, -0.2) is 44.2 Å². The maximum absolute atomic E-state index is 5.65. The molecule has 1 aliphatic heterocycles. The molecule has 1 aromatic rings. The van der Waals surface area contributed by atoms with Crippen molar-refractivity contribution in [3.8, 4) is 5.75 Å². The van der Waals surface area contributed by atoms with E-state index in [0.29, 0.717) is 0 Å². The van der Waals surface area contributed by atoms with Gasteiger partial charge in [-0.2, -0.15) is 0 Å². The molecule has 1 aliphatic rings. The molecule has 1 fully saturated rings. The lowest BCUT2D eigenvalue weighted by Crippen LogP contribution is -2.36. The van der Waals surface area contributed by atoms with Crippen LogP contribution in [0.15, 0.2) is 30.3 Å². The fraction of sp³-hybridized carbons (Fsp3) is 0.600. The molecule has 1 saturated heterocycles. The van der Waals surface area contributed by atoms with E-state index < -0.39 is 0 Å². The molecule has 1 N–H and O–H groups in total. The zero-order valence-electron chi connectivity index (χ0n) is 11.3. The Morgan fingerprint density at radius 1 is 1.33 bits per heavy atom. The van der Waals surface area contributed by atoms with Crippen LogP contribution in [0.25, 0.3) is 0 Å². The van der Waals surface area contributed by atoms with Gasteiger partial charge in [0.2, 0.25) is 0 Å². The van der Waals surface area contributed by atoms with Gasteiger partial charge in [-0.25, -0.2) is 0 Å². The zero-order chi connectivity index (χ0) is 12.6. The van der Waals surface area contributed by atoms with Gasteiger partial charge in [0, 0.05) is 12.6 Å². The Morgan fingerprint density at radius 2 is 2.17 bits per heavy atom. The van der Waals surface area contributed by atoms with Gasteiger partial charge in [0.1, 0.15) is 5.75 Å². The summed E-state index contributed by atoms with van der Waals surface area (Å²) in [5.41, 5.74) is 0. The van der Waals surface area contributed by atoms with Gasteiger partial charge in [0.15, 0.2) is 0 Å². The summed E-state index contributed by atoms with van der Waals surface area (Å²) in [5, 5.41) is 3.52. The number of hydrogen-bond donors (Lipinski definition) is 1. The number of likely N-dealkylation sites (N-methyl/N-ethyl adjacent to an activating group) is 1. The Bertz CT molecular complexity index is 329. The van der Waals surface area contributed by atoms with E-state index in [9.17, 15) is 0 Å². The number of rotatable bonds is 7. The third-order valence-electron chi connectivity index (χ3n) is 3.56. The first-order valence-electron chi connectivity index (χ1n) is 6.95. The second-order valence-electron chi connectivity index (χ2n) is 5.00. The minimum absolute atomic E-state index is 0.736. The molecule has 1 unspecified atom stereocenters. The molecular weight excluding hydrogens is 224 g/mol. The van der Waals surface area contributed by atoms with Crippen molar-refractivity contribution in [2.24, 2.45) is 0 Å². The molecule has 100 valence electrons. The van der Waals surface area contributed by atoms with E-state index in [0.717, 1.165) is 37.9 Å². The zero-order valence-corrected chi connectivity index (χ0v) is 11.3. The lowest BCUT2D eigenvalue weighted by Gasteiger charge is -2.19. The lowest BCUT2D eigenvalue weighted by molar-refractivity contribution is 0.286. The van der Waals surface area contributed by atoms with Crippen molar-refractivity contribution >= 4 is 0 Å². The van der Waals surface area contributed by atoms with Crippen molar-refractivity contribution in [2.75, 3.05) is 33.3 Å². The molecule has 1 heterocycles. The van der Waals surface area contributed by atoms with Crippen molar-refractivity contribution in [3.63, 3.8) is 0 Å². The van der Waals surface area contributed by atoms with E-state index in [4.69, 9.17) is 4.74 Å². The number of para-hydroxylation sites is 1. The van der Waals surface area contributed by atoms with E-state index in [2.05, 4.69) is 17.3 Å². The fourth-order valence-corrected chi connectivity index (χ4v) is 2.41. The van der Waals surface area contributed by atoms with Crippen molar-refractivity contribution in [1.29, 1.82) is 0 Å². The smallest absolute Gasteiger partial charge is 0.119 e. The summed E-state index contributed by atoms with van der Waals surface area (Å²) in [6, 6.07) is 10.8. The van der Waals surface area contributed by atoms with Gasteiger partial charge in [-0.15, -0.1) is 0 Å². The molecule has 0 amide bonds. The minimum Gasteiger partial charge on any atom is -0.494 e. The van der Waals surface area contributed by atoms with E-state index >= 15 is 0 Å². The molecule has 3 heteroatoms. The number of hydrogen-bond acceptors (Lipinski definition) is 3. The molecule has 0 radical (unpaired) electrons. The standard InChI is InChI=1S/C15H24N2O/c1-17-11-5-7-14(17)13-16-10-6-12-18-15-8-3-2-4-9-15/h2-4,8-9,14,16H,5-7,10-13H2,1H3. The van der Waals surface area contributed by atoms with Crippen LogP contribution in [0.1, 0.15) is 19.3 Å². The van der Waals surface area contributed by atoms with Gasteiger partial charge in [0.05, 0.1) is 6.61 Å². The first kappa shape index (κ1) is 13.4. The highest BCUT2D eigenvalue weighted by Gasteiger charge is 2.19. The topological polar surface area (TPSA) is 24.5 Å². The summed E-state index contributed by atoms with van der Waals surface area (Å²) >= 11 is 0.